The number of nitrogens with zero attached hydrogens (tertiary/aromatic N) is 3. The molecule has 97 valence electrons. The third-order valence-corrected chi connectivity index (χ3v) is 3.54. The van der Waals surface area contributed by atoms with Crippen LogP contribution in [0.3, 0.4) is 0 Å². The first-order chi connectivity index (χ1) is 8.72. The Kier molecular flexibility index (Phi) is 4.13. The summed E-state index contributed by atoms with van der Waals surface area (Å²) in [4.78, 5) is 11.9. The predicted octanol–water partition coefficient (Wildman–Crippen LogP) is 2.99. The molecule has 4 nitrogen and oxygen atoms in total. The third-order valence-electron chi connectivity index (χ3n) is 3.54. The SMILES string of the molecule is [CH2-]C(c1cnc2cnc3[nH]ccc3n12)[C@@H]([CH2-])CC.[Nb+2]. The Bertz CT molecular complexity index is 685. The van der Waals surface area contributed by atoms with Crippen molar-refractivity contribution >= 4 is 16.8 Å². The smallest absolute Gasteiger partial charge is 0.345 e. The van der Waals surface area contributed by atoms with Crippen LogP contribution >= 0.6 is 0 Å². The van der Waals surface area contributed by atoms with Gasteiger partial charge in [-0.15, -0.1) is 0 Å². The van der Waals surface area contributed by atoms with E-state index in [-0.39, 0.29) is 34.2 Å². The van der Waals surface area contributed by atoms with Gasteiger partial charge in [0.15, 0.2) is 11.3 Å². The van der Waals surface area contributed by atoms with E-state index in [4.69, 9.17) is 0 Å². The van der Waals surface area contributed by atoms with Crippen molar-refractivity contribution in [2.75, 3.05) is 0 Å². The number of H-pyrrole nitrogens is 1. The van der Waals surface area contributed by atoms with E-state index < -0.39 is 0 Å². The molecular formula is C14H16N4Nb. The van der Waals surface area contributed by atoms with Gasteiger partial charge < -0.3 is 18.8 Å². The van der Waals surface area contributed by atoms with Crippen LogP contribution in [0.15, 0.2) is 24.7 Å². The molecule has 1 unspecified atom stereocenters. The number of nitrogens with one attached hydrogen (secondary N) is 1. The number of hydrogen-bond acceptors (Lipinski definition) is 2. The minimum absolute atomic E-state index is 0. The fraction of sp³-hybridized carbons (Fsp3) is 0.286. The van der Waals surface area contributed by atoms with Gasteiger partial charge in [0, 0.05) is 18.1 Å². The van der Waals surface area contributed by atoms with Crippen molar-refractivity contribution in [3.63, 3.8) is 0 Å². The van der Waals surface area contributed by atoms with Gasteiger partial charge in [-0.2, -0.15) is 11.8 Å². The second kappa shape index (κ2) is 5.49. The maximum atomic E-state index is 4.40. The Morgan fingerprint density at radius 2 is 2.11 bits per heavy atom. The summed E-state index contributed by atoms with van der Waals surface area (Å²) < 4.78 is 2.12. The minimum Gasteiger partial charge on any atom is -0.345 e. The molecule has 3 aromatic heterocycles. The molecule has 0 amide bonds. The van der Waals surface area contributed by atoms with Crippen molar-refractivity contribution in [3.05, 3.63) is 44.2 Å². The Morgan fingerprint density at radius 1 is 1.32 bits per heavy atom. The Labute approximate surface area is 128 Å². The van der Waals surface area contributed by atoms with Crippen LogP contribution in [0.5, 0.6) is 0 Å². The molecule has 0 aliphatic carbocycles. The quantitative estimate of drug-likeness (QED) is 0.592. The first kappa shape index (κ1) is 14.3. The van der Waals surface area contributed by atoms with Gasteiger partial charge in [0.1, 0.15) is 0 Å². The molecule has 0 spiro atoms. The molecule has 0 saturated heterocycles. The normalized spacial score (nSPS) is 14.5. The summed E-state index contributed by atoms with van der Waals surface area (Å²) in [7, 11) is 0. The summed E-state index contributed by atoms with van der Waals surface area (Å²) in [6.45, 7) is 10.5. The molecule has 3 aromatic rings. The number of imidazole rings is 1. The molecular weight excluding hydrogens is 317 g/mol. The summed E-state index contributed by atoms with van der Waals surface area (Å²) in [5.74, 6) is 0.414. The molecule has 3 rings (SSSR count). The number of fused-ring (bicyclic) bond motifs is 3. The fourth-order valence-corrected chi connectivity index (χ4v) is 2.28. The zero-order valence-corrected chi connectivity index (χ0v) is 13.1. The van der Waals surface area contributed by atoms with E-state index in [9.17, 15) is 0 Å². The van der Waals surface area contributed by atoms with E-state index in [1.807, 2.05) is 18.5 Å². The van der Waals surface area contributed by atoms with Crippen LogP contribution in [-0.2, 0) is 22.4 Å². The molecule has 0 saturated carbocycles. The van der Waals surface area contributed by atoms with Crippen molar-refractivity contribution in [2.24, 2.45) is 5.92 Å². The molecule has 5 heteroatoms. The second-order valence-corrected chi connectivity index (χ2v) is 4.62. The van der Waals surface area contributed by atoms with Crippen LogP contribution in [0.4, 0.5) is 0 Å². The number of aromatic amines is 1. The standard InChI is InChI=1S/C14H16N4.Nb/c1-4-9(2)10(3)12-7-16-13-8-17-14-11(18(12)13)5-6-15-14;/h5-10,15H,2-4H2,1H3;/q-2;+2/t9-,10?;/m0./s1. The third kappa shape index (κ3) is 2.24. The van der Waals surface area contributed by atoms with E-state index >= 15 is 0 Å². The Balaban J connectivity index is 0.00000133. The molecule has 0 aliphatic heterocycles. The summed E-state index contributed by atoms with van der Waals surface area (Å²) in [6.07, 6.45) is 6.55. The van der Waals surface area contributed by atoms with E-state index in [1.54, 1.807) is 6.20 Å². The average molecular weight is 333 g/mol. The minimum atomic E-state index is 0. The summed E-state index contributed by atoms with van der Waals surface area (Å²) in [6, 6.07) is 2.01. The topological polar surface area (TPSA) is 46.0 Å². The van der Waals surface area contributed by atoms with Gasteiger partial charge in [-0.3, -0.25) is 4.40 Å². The number of hydrogen-bond donors (Lipinski definition) is 1. The van der Waals surface area contributed by atoms with Gasteiger partial charge in [-0.05, 0) is 6.07 Å². The van der Waals surface area contributed by atoms with Crippen molar-refractivity contribution < 1.29 is 22.4 Å². The predicted molar refractivity (Wildman–Crippen MR) is 72.1 cm³/mol. The monoisotopic (exact) mass is 333 g/mol. The van der Waals surface area contributed by atoms with E-state index in [0.29, 0.717) is 0 Å². The molecule has 19 heavy (non-hydrogen) atoms. The van der Waals surface area contributed by atoms with Gasteiger partial charge in [-0.25, -0.2) is 9.97 Å². The zero-order valence-electron chi connectivity index (χ0n) is 10.9. The first-order valence-electron chi connectivity index (χ1n) is 6.18. The molecule has 2 atom stereocenters. The molecule has 1 radical (unpaired) electrons. The van der Waals surface area contributed by atoms with Gasteiger partial charge in [-0.1, -0.05) is 13.3 Å². The molecule has 0 bridgehead atoms. The second-order valence-electron chi connectivity index (χ2n) is 4.62. The van der Waals surface area contributed by atoms with Gasteiger partial charge in [0.25, 0.3) is 0 Å². The van der Waals surface area contributed by atoms with Crippen LogP contribution in [0, 0.1) is 19.8 Å². The van der Waals surface area contributed by atoms with Gasteiger partial charge in [0.05, 0.1) is 11.7 Å². The zero-order chi connectivity index (χ0) is 12.7. The Morgan fingerprint density at radius 3 is 2.84 bits per heavy atom. The molecule has 0 fully saturated rings. The number of aromatic nitrogens is 4. The average Bonchev–Trinajstić information content (AvgIpc) is 3.01. The van der Waals surface area contributed by atoms with E-state index in [0.717, 1.165) is 28.9 Å². The largest absolute Gasteiger partial charge is 2.00 e. The van der Waals surface area contributed by atoms with E-state index in [1.165, 1.54) is 0 Å². The number of rotatable bonds is 3. The molecule has 3 heterocycles. The molecule has 1 N–H and O–H groups in total. The molecule has 0 aliphatic rings. The summed E-state index contributed by atoms with van der Waals surface area (Å²) >= 11 is 0. The molecule has 0 aromatic carbocycles. The van der Waals surface area contributed by atoms with Crippen molar-refractivity contribution in [1.82, 2.24) is 19.4 Å². The van der Waals surface area contributed by atoms with Crippen LogP contribution in [-0.4, -0.2) is 19.4 Å². The summed E-state index contributed by atoms with van der Waals surface area (Å²) in [5, 5.41) is 0. The van der Waals surface area contributed by atoms with Crippen LogP contribution in [0.2, 0.25) is 0 Å². The van der Waals surface area contributed by atoms with Crippen LogP contribution in [0.1, 0.15) is 25.0 Å². The van der Waals surface area contributed by atoms with E-state index in [2.05, 4.69) is 40.1 Å². The van der Waals surface area contributed by atoms with Crippen LogP contribution in [0.25, 0.3) is 16.8 Å². The maximum Gasteiger partial charge on any atom is 2.00 e. The van der Waals surface area contributed by atoms with Crippen LogP contribution < -0.4 is 0 Å². The van der Waals surface area contributed by atoms with Crippen molar-refractivity contribution in [1.29, 1.82) is 0 Å². The maximum absolute atomic E-state index is 4.40. The van der Waals surface area contributed by atoms with Gasteiger partial charge >= 0.3 is 22.4 Å². The first-order valence-corrected chi connectivity index (χ1v) is 6.18. The van der Waals surface area contributed by atoms with Crippen molar-refractivity contribution in [2.45, 2.75) is 19.3 Å². The van der Waals surface area contributed by atoms with Gasteiger partial charge in [0.2, 0.25) is 0 Å². The van der Waals surface area contributed by atoms with Crippen molar-refractivity contribution in [3.8, 4) is 0 Å². The summed E-state index contributed by atoms with van der Waals surface area (Å²) in [5.41, 5.74) is 3.86. The fourth-order valence-electron chi connectivity index (χ4n) is 2.28. The Hall–Kier alpha value is -1.10.